The third-order valence-corrected chi connectivity index (χ3v) is 2.92. The van der Waals surface area contributed by atoms with Crippen molar-refractivity contribution in [3.05, 3.63) is 30.3 Å². The van der Waals surface area contributed by atoms with Crippen molar-refractivity contribution in [3.63, 3.8) is 0 Å². The van der Waals surface area contributed by atoms with E-state index in [4.69, 9.17) is 5.73 Å². The van der Waals surface area contributed by atoms with Gasteiger partial charge in [0.25, 0.3) is 0 Å². The monoisotopic (exact) mass is 264 g/mol. The summed E-state index contributed by atoms with van der Waals surface area (Å²) in [7, 11) is 0. The van der Waals surface area contributed by atoms with Crippen LogP contribution >= 0.6 is 0 Å². The van der Waals surface area contributed by atoms with Gasteiger partial charge in [0.15, 0.2) is 0 Å². The third kappa shape index (κ3) is 8.94. The predicted molar refractivity (Wildman–Crippen MR) is 78.2 cm³/mol. The van der Waals surface area contributed by atoms with Crippen LogP contribution in [0.25, 0.3) is 0 Å². The minimum Gasteiger partial charge on any atom is -0.450 e. The van der Waals surface area contributed by atoms with E-state index in [1.54, 1.807) is 0 Å². The second-order valence-electron chi connectivity index (χ2n) is 4.58. The summed E-state index contributed by atoms with van der Waals surface area (Å²) in [4.78, 5) is 10.3. The number of hydrogen-bond acceptors (Lipinski definition) is 3. The van der Waals surface area contributed by atoms with Gasteiger partial charge in [-0.15, -0.1) is 0 Å². The van der Waals surface area contributed by atoms with E-state index in [2.05, 4.69) is 22.2 Å². The normalized spacial score (nSPS) is 10.1. The minimum absolute atomic E-state index is 0.449. The molecule has 0 unspecified atom stereocenters. The maximum Gasteiger partial charge on any atom is 0.404 e. The molecule has 1 rings (SSSR count). The molecule has 106 valence electrons. The summed E-state index contributed by atoms with van der Waals surface area (Å²) in [5, 5.41) is 3.40. The molecule has 0 aromatic heterocycles. The van der Waals surface area contributed by atoms with E-state index >= 15 is 0 Å². The van der Waals surface area contributed by atoms with Gasteiger partial charge in [-0.05, 0) is 25.0 Å². The van der Waals surface area contributed by atoms with E-state index in [-0.39, 0.29) is 0 Å². The van der Waals surface area contributed by atoms with Gasteiger partial charge in [0.1, 0.15) is 0 Å². The fourth-order valence-electron chi connectivity index (χ4n) is 1.90. The number of nitrogens with two attached hydrogens (primary N) is 1. The van der Waals surface area contributed by atoms with Crippen LogP contribution in [0.1, 0.15) is 38.5 Å². The number of nitrogens with one attached hydrogen (secondary N) is 1. The van der Waals surface area contributed by atoms with Crippen LogP contribution in [0, 0.1) is 0 Å². The molecule has 0 aliphatic rings. The van der Waals surface area contributed by atoms with Crippen molar-refractivity contribution < 1.29 is 9.53 Å². The maximum atomic E-state index is 10.3. The second kappa shape index (κ2) is 10.2. The first-order chi connectivity index (χ1) is 9.29. The van der Waals surface area contributed by atoms with Crippen molar-refractivity contribution in [2.24, 2.45) is 5.73 Å². The lowest BCUT2D eigenvalue weighted by Crippen LogP contribution is -2.13. The van der Waals surface area contributed by atoms with Crippen LogP contribution in [0.2, 0.25) is 0 Å². The molecule has 1 amide bonds. The van der Waals surface area contributed by atoms with Gasteiger partial charge in [-0.3, -0.25) is 0 Å². The Labute approximate surface area is 115 Å². The summed E-state index contributed by atoms with van der Waals surface area (Å²) >= 11 is 0. The summed E-state index contributed by atoms with van der Waals surface area (Å²) in [5.74, 6) is 0. The van der Waals surface area contributed by atoms with Gasteiger partial charge in [-0.2, -0.15) is 0 Å². The predicted octanol–water partition coefficient (Wildman–Crippen LogP) is 3.53. The fraction of sp³-hybridized carbons (Fsp3) is 0.533. The summed E-state index contributed by atoms with van der Waals surface area (Å²) in [6, 6.07) is 10.3. The molecule has 0 bridgehead atoms. The quantitative estimate of drug-likeness (QED) is 0.635. The molecule has 0 aliphatic carbocycles. The number of carbonyl (C=O) groups is 1. The summed E-state index contributed by atoms with van der Waals surface area (Å²) < 4.78 is 4.66. The molecule has 0 spiro atoms. The van der Waals surface area contributed by atoms with E-state index in [1.807, 2.05) is 18.2 Å². The molecule has 3 N–H and O–H groups in total. The van der Waals surface area contributed by atoms with Crippen LogP contribution in [0.15, 0.2) is 30.3 Å². The number of amides is 1. The van der Waals surface area contributed by atoms with E-state index in [0.717, 1.165) is 19.4 Å². The first-order valence-corrected chi connectivity index (χ1v) is 7.00. The molecule has 0 heterocycles. The molecule has 0 saturated carbocycles. The highest BCUT2D eigenvalue weighted by molar-refractivity contribution is 5.64. The van der Waals surface area contributed by atoms with Crippen LogP contribution in [0.3, 0.4) is 0 Å². The van der Waals surface area contributed by atoms with Crippen LogP contribution in [0.4, 0.5) is 10.5 Å². The number of carbonyl (C=O) groups excluding carboxylic acids is 1. The van der Waals surface area contributed by atoms with Gasteiger partial charge >= 0.3 is 6.09 Å². The molecule has 0 atom stereocenters. The van der Waals surface area contributed by atoms with Crippen LogP contribution in [-0.4, -0.2) is 19.2 Å². The Kier molecular flexibility index (Phi) is 8.27. The number of anilines is 1. The highest BCUT2D eigenvalue weighted by Gasteiger charge is 1.95. The van der Waals surface area contributed by atoms with Crippen molar-refractivity contribution in [1.29, 1.82) is 0 Å². The Balaban J connectivity index is 1.83. The van der Waals surface area contributed by atoms with E-state index in [0.29, 0.717) is 6.61 Å². The van der Waals surface area contributed by atoms with Crippen molar-refractivity contribution in [2.45, 2.75) is 38.5 Å². The molecule has 0 radical (unpaired) electrons. The summed E-state index contributed by atoms with van der Waals surface area (Å²) in [6.45, 7) is 1.47. The maximum absolute atomic E-state index is 10.3. The second-order valence-corrected chi connectivity index (χ2v) is 4.58. The van der Waals surface area contributed by atoms with Crippen molar-refractivity contribution >= 4 is 11.8 Å². The molecule has 0 saturated heterocycles. The van der Waals surface area contributed by atoms with Crippen molar-refractivity contribution in [1.82, 2.24) is 0 Å². The Morgan fingerprint density at radius 1 is 1.00 bits per heavy atom. The molecule has 4 heteroatoms. The topological polar surface area (TPSA) is 64.4 Å². The molecule has 0 aliphatic heterocycles. The van der Waals surface area contributed by atoms with E-state index < -0.39 is 6.09 Å². The zero-order valence-corrected chi connectivity index (χ0v) is 11.4. The largest absolute Gasteiger partial charge is 0.450 e. The molecule has 0 fully saturated rings. The highest BCUT2D eigenvalue weighted by atomic mass is 16.5. The van der Waals surface area contributed by atoms with E-state index in [9.17, 15) is 4.79 Å². The lowest BCUT2D eigenvalue weighted by Gasteiger charge is -2.06. The number of ether oxygens (including phenoxy) is 1. The van der Waals surface area contributed by atoms with Gasteiger partial charge in [-0.25, -0.2) is 4.79 Å². The highest BCUT2D eigenvalue weighted by Crippen LogP contribution is 2.08. The average molecular weight is 264 g/mol. The van der Waals surface area contributed by atoms with Gasteiger partial charge in [-0.1, -0.05) is 43.9 Å². The van der Waals surface area contributed by atoms with Gasteiger partial charge < -0.3 is 15.8 Å². The van der Waals surface area contributed by atoms with Crippen molar-refractivity contribution in [2.75, 3.05) is 18.5 Å². The van der Waals surface area contributed by atoms with Gasteiger partial charge in [0.2, 0.25) is 0 Å². The Hall–Kier alpha value is -1.71. The number of rotatable bonds is 10. The Morgan fingerprint density at radius 2 is 1.63 bits per heavy atom. The molecular weight excluding hydrogens is 240 g/mol. The zero-order valence-electron chi connectivity index (χ0n) is 11.4. The summed E-state index contributed by atoms with van der Waals surface area (Å²) in [6.07, 6.45) is 6.17. The number of benzene rings is 1. The Bertz CT molecular complexity index is 341. The van der Waals surface area contributed by atoms with E-state index in [1.165, 1.54) is 31.4 Å². The smallest absolute Gasteiger partial charge is 0.404 e. The van der Waals surface area contributed by atoms with Crippen molar-refractivity contribution in [3.8, 4) is 0 Å². The standard InChI is InChI=1S/C15H24N2O2/c16-15(18)19-13-9-4-2-1-3-8-12-17-14-10-6-5-7-11-14/h5-7,10-11,17H,1-4,8-9,12-13H2,(H2,16,18). The fourth-order valence-corrected chi connectivity index (χ4v) is 1.90. The summed E-state index contributed by atoms with van der Waals surface area (Å²) in [5.41, 5.74) is 6.05. The average Bonchev–Trinajstić information content (AvgIpc) is 2.42. The molecule has 4 nitrogen and oxygen atoms in total. The first kappa shape index (κ1) is 15.3. The van der Waals surface area contributed by atoms with Gasteiger partial charge in [0, 0.05) is 12.2 Å². The molecular formula is C15H24N2O2. The minimum atomic E-state index is -0.674. The number of primary amides is 1. The van der Waals surface area contributed by atoms with Gasteiger partial charge in [0.05, 0.1) is 6.61 Å². The third-order valence-electron chi connectivity index (χ3n) is 2.92. The molecule has 1 aromatic rings. The number of unbranched alkanes of at least 4 members (excludes halogenated alkanes) is 5. The first-order valence-electron chi connectivity index (χ1n) is 7.00. The van der Waals surface area contributed by atoms with Crippen LogP contribution < -0.4 is 11.1 Å². The Morgan fingerprint density at radius 3 is 2.32 bits per heavy atom. The lowest BCUT2D eigenvalue weighted by molar-refractivity contribution is 0.154. The van der Waals surface area contributed by atoms with Crippen LogP contribution in [0.5, 0.6) is 0 Å². The lowest BCUT2D eigenvalue weighted by atomic mass is 10.1. The zero-order chi connectivity index (χ0) is 13.8. The number of hydrogen-bond donors (Lipinski definition) is 2. The SMILES string of the molecule is NC(=O)OCCCCCCCCNc1ccccc1. The number of para-hydroxylation sites is 1. The molecule has 19 heavy (non-hydrogen) atoms. The van der Waals surface area contributed by atoms with Crippen LogP contribution in [-0.2, 0) is 4.74 Å². The molecule has 1 aromatic carbocycles.